The molecule has 7 rings (SSSR count). The van der Waals surface area contributed by atoms with Crippen molar-refractivity contribution < 1.29 is 47.6 Å². The SMILES string of the molecule is CCOC(=O)C1=C(C(=O)OCC)[C@@]2(OC1=NC1CCCCC1)c1cccnc1-c1ncccc1[C@@]21OC(=NC2CCCCC2)C(C(=O)OCC)=C1C(=O)OCC. The molecule has 2 saturated carbocycles. The summed E-state index contributed by atoms with van der Waals surface area (Å²) < 4.78 is 37.2. The number of fused-ring (bicyclic) bond motifs is 6. The summed E-state index contributed by atoms with van der Waals surface area (Å²) in [4.78, 5) is 78.1. The molecule has 2 aromatic heterocycles. The molecule has 2 aromatic rings. The molecule has 0 radical (unpaired) electrons. The Morgan fingerprint density at radius 2 is 0.946 bits per heavy atom. The van der Waals surface area contributed by atoms with Crippen molar-refractivity contribution in [3.05, 3.63) is 70.1 Å². The van der Waals surface area contributed by atoms with Gasteiger partial charge in [0.05, 0.1) is 49.9 Å². The number of ether oxygens (including phenoxy) is 6. The lowest BCUT2D eigenvalue weighted by Gasteiger charge is -2.49. The highest BCUT2D eigenvalue weighted by Crippen LogP contribution is 2.66. The van der Waals surface area contributed by atoms with Gasteiger partial charge < -0.3 is 28.4 Å². The van der Waals surface area contributed by atoms with Crippen molar-refractivity contribution in [1.82, 2.24) is 9.97 Å². The lowest BCUT2D eigenvalue weighted by atomic mass is 9.61. The van der Waals surface area contributed by atoms with Gasteiger partial charge in [0, 0.05) is 23.5 Å². The molecule has 0 saturated heterocycles. The number of nitrogens with zero attached hydrogens (tertiary/aromatic N) is 4. The van der Waals surface area contributed by atoms with E-state index < -0.39 is 35.1 Å². The van der Waals surface area contributed by atoms with Crippen molar-refractivity contribution in [1.29, 1.82) is 0 Å². The molecule has 3 aliphatic carbocycles. The molecule has 0 bridgehead atoms. The van der Waals surface area contributed by atoms with Crippen LogP contribution in [0.1, 0.15) is 103 Å². The van der Waals surface area contributed by atoms with Crippen LogP contribution in [-0.4, -0.2) is 84.2 Å². The highest BCUT2D eigenvalue weighted by Gasteiger charge is 2.76. The Morgan fingerprint density at radius 3 is 1.30 bits per heavy atom. The van der Waals surface area contributed by atoms with Gasteiger partial charge in [-0.2, -0.15) is 0 Å². The van der Waals surface area contributed by atoms with Crippen LogP contribution in [0.3, 0.4) is 0 Å². The van der Waals surface area contributed by atoms with E-state index in [0.29, 0.717) is 0 Å². The van der Waals surface area contributed by atoms with Crippen molar-refractivity contribution in [2.45, 2.75) is 115 Å². The number of esters is 4. The van der Waals surface area contributed by atoms with Crippen molar-refractivity contribution >= 4 is 35.7 Å². The largest absolute Gasteiger partial charge is 0.462 e. The predicted octanol–water partition coefficient (Wildman–Crippen LogP) is 5.92. The number of aliphatic imine (C=N–C) groups is 2. The molecule has 2 fully saturated rings. The van der Waals surface area contributed by atoms with E-state index >= 15 is 0 Å². The van der Waals surface area contributed by atoms with E-state index in [9.17, 15) is 19.2 Å². The number of aromatic nitrogens is 2. The molecule has 2 atom stereocenters. The lowest BCUT2D eigenvalue weighted by Crippen LogP contribution is -2.57. The van der Waals surface area contributed by atoms with Gasteiger partial charge in [-0.1, -0.05) is 50.7 Å². The fourth-order valence-electron chi connectivity index (χ4n) is 8.69. The Hall–Kier alpha value is -5.40. The second kappa shape index (κ2) is 16.4. The van der Waals surface area contributed by atoms with E-state index in [0.717, 1.165) is 64.2 Å². The zero-order chi connectivity index (χ0) is 39.5. The van der Waals surface area contributed by atoms with Crippen molar-refractivity contribution in [3.8, 4) is 11.4 Å². The summed E-state index contributed by atoms with van der Waals surface area (Å²) in [5.41, 5.74) is -4.91. The molecule has 4 heterocycles. The predicted molar refractivity (Wildman–Crippen MR) is 202 cm³/mol. The quantitative estimate of drug-likeness (QED) is 0.207. The third-order valence-electron chi connectivity index (χ3n) is 10.9. The first-order valence-electron chi connectivity index (χ1n) is 19.9. The number of pyridine rings is 2. The average Bonchev–Trinajstić information content (AvgIpc) is 3.73. The number of carbonyl (C=O) groups is 4. The van der Waals surface area contributed by atoms with Gasteiger partial charge in [0.1, 0.15) is 22.3 Å². The zero-order valence-electron chi connectivity index (χ0n) is 32.4. The number of hydrogen-bond donors (Lipinski definition) is 0. The van der Waals surface area contributed by atoms with E-state index in [1.807, 2.05) is 0 Å². The zero-order valence-corrected chi connectivity index (χ0v) is 32.4. The highest BCUT2D eigenvalue weighted by atomic mass is 16.6. The summed E-state index contributed by atoms with van der Waals surface area (Å²) in [6, 6.07) is 6.10. The summed E-state index contributed by atoms with van der Waals surface area (Å²) in [5, 5.41) is 0. The maximum absolute atomic E-state index is 14.9. The monoisotopic (exact) mass is 768 g/mol. The maximum atomic E-state index is 14.9. The van der Waals surface area contributed by atoms with Crippen molar-refractivity contribution in [3.63, 3.8) is 0 Å². The number of carbonyl (C=O) groups excluding carboxylic acids is 4. The first kappa shape index (κ1) is 38.9. The van der Waals surface area contributed by atoms with E-state index in [2.05, 4.69) is 0 Å². The van der Waals surface area contributed by atoms with Crippen LogP contribution in [-0.2, 0) is 58.8 Å². The molecular weight excluding hydrogens is 720 g/mol. The van der Waals surface area contributed by atoms with Crippen LogP contribution in [0.25, 0.3) is 11.4 Å². The van der Waals surface area contributed by atoms with Gasteiger partial charge in [0.15, 0.2) is 0 Å². The first-order chi connectivity index (χ1) is 27.3. The van der Waals surface area contributed by atoms with Crippen LogP contribution in [0, 0.1) is 0 Å². The lowest BCUT2D eigenvalue weighted by molar-refractivity contribution is -0.153. The summed E-state index contributed by atoms with van der Waals surface area (Å²) in [6.07, 6.45) is 11.7. The van der Waals surface area contributed by atoms with E-state index in [4.69, 9.17) is 48.4 Å². The molecule has 0 unspecified atom stereocenters. The molecule has 56 heavy (non-hydrogen) atoms. The minimum atomic E-state index is -2.32. The third kappa shape index (κ3) is 6.36. The van der Waals surface area contributed by atoms with Crippen LogP contribution < -0.4 is 0 Å². The molecule has 296 valence electrons. The van der Waals surface area contributed by atoms with Gasteiger partial charge in [0.2, 0.25) is 23.0 Å². The van der Waals surface area contributed by atoms with E-state index in [1.54, 1.807) is 64.4 Å². The summed E-state index contributed by atoms with van der Waals surface area (Å²) in [7, 11) is 0. The molecule has 14 nitrogen and oxygen atoms in total. The van der Waals surface area contributed by atoms with E-state index in [1.165, 1.54) is 0 Å². The first-order valence-corrected chi connectivity index (χ1v) is 19.9. The molecule has 0 aromatic carbocycles. The fraction of sp³-hybridized carbons (Fsp3) is 0.524. The standard InChI is InChI=1S/C42H48N4O10/c1-5-51-37(47)29-31(39(49)53-7-3)41(55-35(29)45-25-17-11-9-12-18-25)27-21-15-23-43-33(27)34-28(22-16-24-44-34)42(41)32(40(50)54-8-4)30(38(48)52-6-2)36(56-42)46-26-19-13-10-14-20-26/h15-16,21-26H,5-14,17-20H2,1-4H3/t41-,42-/m0/s1. The van der Waals surface area contributed by atoms with E-state index in [-0.39, 0.29) is 95.1 Å². The Kier molecular flexibility index (Phi) is 11.4. The number of rotatable bonds is 10. The number of hydrogen-bond acceptors (Lipinski definition) is 14. The Bertz CT molecular complexity index is 1880. The summed E-state index contributed by atoms with van der Waals surface area (Å²) in [5.74, 6) is -4.04. The third-order valence-corrected chi connectivity index (χ3v) is 10.9. The summed E-state index contributed by atoms with van der Waals surface area (Å²) >= 11 is 0. The second-order valence-corrected chi connectivity index (χ2v) is 14.2. The Balaban J connectivity index is 1.67. The molecule has 2 spiro atoms. The van der Waals surface area contributed by atoms with Crippen LogP contribution in [0.4, 0.5) is 0 Å². The van der Waals surface area contributed by atoms with Crippen LogP contribution in [0.5, 0.6) is 0 Å². The van der Waals surface area contributed by atoms with Crippen LogP contribution in [0.2, 0.25) is 0 Å². The van der Waals surface area contributed by atoms with Gasteiger partial charge in [-0.15, -0.1) is 0 Å². The van der Waals surface area contributed by atoms with Crippen LogP contribution in [0.15, 0.2) is 68.9 Å². The smallest absolute Gasteiger partial charge is 0.344 e. The molecular formula is C42H48N4O10. The summed E-state index contributed by atoms with van der Waals surface area (Å²) in [6.45, 7) is 6.33. The van der Waals surface area contributed by atoms with Gasteiger partial charge in [-0.3, -0.25) is 9.97 Å². The Labute approximate surface area is 325 Å². The van der Waals surface area contributed by atoms with Crippen molar-refractivity contribution in [2.75, 3.05) is 26.4 Å². The Morgan fingerprint density at radius 1 is 0.589 bits per heavy atom. The van der Waals surface area contributed by atoms with Gasteiger partial charge in [-0.25, -0.2) is 29.2 Å². The normalized spacial score (nSPS) is 24.9. The molecule has 5 aliphatic rings. The molecule has 0 N–H and O–H groups in total. The molecule has 14 heteroatoms. The van der Waals surface area contributed by atoms with Gasteiger partial charge in [0.25, 0.3) is 0 Å². The highest BCUT2D eigenvalue weighted by molar-refractivity contribution is 6.27. The van der Waals surface area contributed by atoms with Gasteiger partial charge >= 0.3 is 23.9 Å². The van der Waals surface area contributed by atoms with Gasteiger partial charge in [-0.05, 0) is 65.5 Å². The molecule has 0 amide bonds. The molecule has 2 aliphatic heterocycles. The minimum Gasteiger partial charge on any atom is -0.462 e. The second-order valence-electron chi connectivity index (χ2n) is 14.2. The fourth-order valence-corrected chi connectivity index (χ4v) is 8.69. The minimum absolute atomic E-state index is 0.0339. The van der Waals surface area contributed by atoms with Crippen molar-refractivity contribution in [2.24, 2.45) is 9.98 Å². The topological polar surface area (TPSA) is 174 Å². The average molecular weight is 769 g/mol. The maximum Gasteiger partial charge on any atom is 0.344 e. The van der Waals surface area contributed by atoms with Crippen LogP contribution >= 0.6 is 0 Å².